The number of rotatable bonds is 3. The minimum atomic E-state index is 0.818. The average Bonchev–Trinajstić information content (AvgIpc) is 2.81. The van der Waals surface area contributed by atoms with Crippen LogP contribution in [0.1, 0.15) is 60.3 Å². The zero-order chi connectivity index (χ0) is 12.6. The van der Waals surface area contributed by atoms with E-state index in [1.807, 2.05) is 19.9 Å². The minimum absolute atomic E-state index is 0.818. The zero-order valence-corrected chi connectivity index (χ0v) is 11.8. The predicted molar refractivity (Wildman–Crippen MR) is 75.6 cm³/mol. The Kier molecular flexibility index (Phi) is 7.97. The summed E-state index contributed by atoms with van der Waals surface area (Å²) in [6.07, 6.45) is 9.81. The molecule has 0 nitrogen and oxygen atoms in total. The van der Waals surface area contributed by atoms with Gasteiger partial charge in [-0.15, -0.1) is 0 Å². The normalized spacial score (nSPS) is 17.1. The van der Waals surface area contributed by atoms with Crippen molar-refractivity contribution in [3.63, 3.8) is 0 Å². The second kappa shape index (κ2) is 8.38. The van der Waals surface area contributed by atoms with Crippen LogP contribution in [0.25, 0.3) is 0 Å². The van der Waals surface area contributed by atoms with E-state index >= 15 is 0 Å². The van der Waals surface area contributed by atoms with E-state index in [-0.39, 0.29) is 0 Å². The third-order valence-electron chi connectivity index (χ3n) is 3.09. The van der Waals surface area contributed by atoms with Gasteiger partial charge in [-0.05, 0) is 45.1 Å². The topological polar surface area (TPSA) is 0 Å². The monoisotopic (exact) mass is 220 g/mol. The van der Waals surface area contributed by atoms with Crippen LogP contribution in [0.4, 0.5) is 0 Å². The molecule has 0 amide bonds. The summed E-state index contributed by atoms with van der Waals surface area (Å²) in [5.74, 6) is 0.818. The van der Waals surface area contributed by atoms with Gasteiger partial charge in [-0.25, -0.2) is 0 Å². The molecule has 1 rings (SSSR count). The number of hydrogen-bond acceptors (Lipinski definition) is 0. The van der Waals surface area contributed by atoms with E-state index in [2.05, 4.69) is 33.4 Å². The molecule has 16 heavy (non-hydrogen) atoms. The Morgan fingerprint density at radius 2 is 1.56 bits per heavy atom. The highest BCUT2D eigenvalue weighted by Crippen LogP contribution is 2.33. The molecule has 1 saturated carbocycles. The summed E-state index contributed by atoms with van der Waals surface area (Å²) in [6, 6.07) is 0. The van der Waals surface area contributed by atoms with Crippen LogP contribution in [-0.4, -0.2) is 0 Å². The largest absolute Gasteiger partial charge is 0.0985 e. The van der Waals surface area contributed by atoms with Crippen molar-refractivity contribution in [3.05, 3.63) is 35.5 Å². The van der Waals surface area contributed by atoms with E-state index < -0.39 is 0 Å². The second-order valence-electron chi connectivity index (χ2n) is 4.55. The van der Waals surface area contributed by atoms with Crippen molar-refractivity contribution in [1.29, 1.82) is 0 Å². The maximum absolute atomic E-state index is 3.90. The Balaban J connectivity index is 0.00000106. The van der Waals surface area contributed by atoms with Crippen LogP contribution in [0.15, 0.2) is 35.5 Å². The molecule has 0 aromatic heterocycles. The van der Waals surface area contributed by atoms with Gasteiger partial charge < -0.3 is 0 Å². The minimum Gasteiger partial charge on any atom is -0.0985 e. The van der Waals surface area contributed by atoms with Crippen LogP contribution < -0.4 is 0 Å². The molecule has 0 bridgehead atoms. The summed E-state index contributed by atoms with van der Waals surface area (Å²) in [4.78, 5) is 0. The fourth-order valence-electron chi connectivity index (χ4n) is 2.24. The summed E-state index contributed by atoms with van der Waals surface area (Å²) in [7, 11) is 0. The molecule has 0 aromatic rings. The lowest BCUT2D eigenvalue weighted by atomic mass is 9.93. The van der Waals surface area contributed by atoms with Crippen molar-refractivity contribution >= 4 is 0 Å². The van der Waals surface area contributed by atoms with E-state index in [1.54, 1.807) is 5.57 Å². The molecule has 0 spiro atoms. The van der Waals surface area contributed by atoms with Crippen molar-refractivity contribution < 1.29 is 0 Å². The smallest absolute Gasteiger partial charge is 0.0197 e. The summed E-state index contributed by atoms with van der Waals surface area (Å²) in [6.45, 7) is 14.5. The third kappa shape index (κ3) is 4.83. The molecule has 0 aromatic carbocycles. The van der Waals surface area contributed by atoms with Crippen LogP contribution in [0, 0.1) is 5.92 Å². The van der Waals surface area contributed by atoms with E-state index in [9.17, 15) is 0 Å². The molecular formula is C16H28. The first-order chi connectivity index (χ1) is 7.65. The molecule has 1 aliphatic rings. The Morgan fingerprint density at radius 3 is 1.94 bits per heavy atom. The first-order valence-electron chi connectivity index (χ1n) is 6.63. The molecule has 0 unspecified atom stereocenters. The lowest BCUT2D eigenvalue weighted by Gasteiger charge is -2.12. The van der Waals surface area contributed by atoms with Crippen molar-refractivity contribution in [2.24, 2.45) is 5.92 Å². The zero-order valence-electron chi connectivity index (χ0n) is 11.8. The van der Waals surface area contributed by atoms with Crippen LogP contribution in [0.5, 0.6) is 0 Å². The lowest BCUT2D eigenvalue weighted by Crippen LogP contribution is -1.97. The van der Waals surface area contributed by atoms with Gasteiger partial charge in [-0.3, -0.25) is 0 Å². The maximum atomic E-state index is 3.90. The van der Waals surface area contributed by atoms with Gasteiger partial charge in [0.15, 0.2) is 0 Å². The van der Waals surface area contributed by atoms with Gasteiger partial charge in [0.1, 0.15) is 0 Å². The van der Waals surface area contributed by atoms with E-state index in [4.69, 9.17) is 0 Å². The molecular weight excluding hydrogens is 192 g/mol. The summed E-state index contributed by atoms with van der Waals surface area (Å²) in [5.41, 5.74) is 4.24. The van der Waals surface area contributed by atoms with Crippen molar-refractivity contribution in [3.8, 4) is 0 Å². The van der Waals surface area contributed by atoms with Gasteiger partial charge in [0.05, 0.1) is 0 Å². The van der Waals surface area contributed by atoms with Gasteiger partial charge in [-0.2, -0.15) is 0 Å². The molecule has 0 atom stereocenters. The molecule has 0 saturated heterocycles. The van der Waals surface area contributed by atoms with Crippen LogP contribution >= 0.6 is 0 Å². The van der Waals surface area contributed by atoms with Crippen molar-refractivity contribution in [2.75, 3.05) is 0 Å². The molecule has 0 aliphatic heterocycles. The number of hydrogen-bond donors (Lipinski definition) is 0. The molecule has 0 heteroatoms. The average molecular weight is 220 g/mol. The van der Waals surface area contributed by atoms with Crippen LogP contribution in [0.3, 0.4) is 0 Å². The summed E-state index contributed by atoms with van der Waals surface area (Å²) in [5, 5.41) is 0. The van der Waals surface area contributed by atoms with Crippen LogP contribution in [-0.2, 0) is 0 Å². The SMILES string of the molecule is C=C/C(C=C(C)C)=C(/C)C1CCCC1.CC. The third-order valence-corrected chi connectivity index (χ3v) is 3.09. The summed E-state index contributed by atoms with van der Waals surface area (Å²) >= 11 is 0. The molecule has 1 aliphatic carbocycles. The first-order valence-corrected chi connectivity index (χ1v) is 6.63. The predicted octanol–water partition coefficient (Wildman–Crippen LogP) is 5.67. The highest BCUT2D eigenvalue weighted by molar-refractivity contribution is 5.36. The quantitative estimate of drug-likeness (QED) is 0.537. The van der Waals surface area contributed by atoms with E-state index in [0.717, 1.165) is 5.92 Å². The Labute approximate surface area is 102 Å². The van der Waals surface area contributed by atoms with Crippen molar-refractivity contribution in [1.82, 2.24) is 0 Å². The van der Waals surface area contributed by atoms with Gasteiger partial charge >= 0.3 is 0 Å². The molecule has 92 valence electrons. The first kappa shape index (κ1) is 15.2. The Morgan fingerprint density at radius 1 is 1.06 bits per heavy atom. The van der Waals surface area contributed by atoms with Crippen LogP contribution in [0.2, 0.25) is 0 Å². The Hall–Kier alpha value is -0.780. The standard InChI is InChI=1S/C14H22.C2H6/c1-5-13(10-11(2)3)12(4)14-8-6-7-9-14;1-2/h5,10,14H,1,6-9H2,2-4H3;1-2H3/b13-12+;. The fraction of sp³-hybridized carbons (Fsp3) is 0.625. The van der Waals surface area contributed by atoms with Gasteiger partial charge in [0, 0.05) is 0 Å². The molecule has 0 heterocycles. The Bertz CT molecular complexity index is 256. The van der Waals surface area contributed by atoms with E-state index in [0.29, 0.717) is 0 Å². The number of allylic oxidation sites excluding steroid dienone is 5. The molecule has 0 radical (unpaired) electrons. The van der Waals surface area contributed by atoms with Crippen molar-refractivity contribution in [2.45, 2.75) is 60.3 Å². The molecule has 1 fully saturated rings. The second-order valence-corrected chi connectivity index (χ2v) is 4.55. The van der Waals surface area contributed by atoms with E-state index in [1.165, 1.54) is 36.8 Å². The fourth-order valence-corrected chi connectivity index (χ4v) is 2.24. The van der Waals surface area contributed by atoms with Gasteiger partial charge in [0.25, 0.3) is 0 Å². The van der Waals surface area contributed by atoms with Gasteiger partial charge in [-0.1, -0.05) is 56.6 Å². The maximum Gasteiger partial charge on any atom is -0.0197 e. The molecule has 0 N–H and O–H groups in total. The highest BCUT2D eigenvalue weighted by atomic mass is 14.2. The summed E-state index contributed by atoms with van der Waals surface area (Å²) < 4.78 is 0. The lowest BCUT2D eigenvalue weighted by molar-refractivity contribution is 0.639. The highest BCUT2D eigenvalue weighted by Gasteiger charge is 2.17. The van der Waals surface area contributed by atoms with Gasteiger partial charge in [0.2, 0.25) is 0 Å².